The van der Waals surface area contributed by atoms with Gasteiger partial charge in [-0.1, -0.05) is 43.3 Å². The zero-order chi connectivity index (χ0) is 25.0. The molecule has 3 N–H and O–H groups in total. The zero-order valence-electron chi connectivity index (χ0n) is 20.7. The van der Waals surface area contributed by atoms with Crippen LogP contribution in [0.2, 0.25) is 0 Å². The van der Waals surface area contributed by atoms with Crippen molar-refractivity contribution in [2.24, 2.45) is 5.92 Å². The molecule has 0 spiro atoms. The number of nitrogens with zero attached hydrogens (tertiary/aromatic N) is 1. The van der Waals surface area contributed by atoms with Crippen LogP contribution in [0.25, 0.3) is 0 Å². The SMILES string of the molecule is CCN(CC1CC1)[C@@H]1Cc2ccc(O)c3c2C2[C@@H](O3)C(=O)CC[C@]21OCC(O)C(O)c1ccccc1. The van der Waals surface area contributed by atoms with Gasteiger partial charge in [0.1, 0.15) is 12.2 Å². The summed E-state index contributed by atoms with van der Waals surface area (Å²) in [7, 11) is 0. The fourth-order valence-corrected chi connectivity index (χ4v) is 6.75. The molecule has 6 rings (SSSR count). The molecule has 1 aliphatic heterocycles. The summed E-state index contributed by atoms with van der Waals surface area (Å²) in [6.07, 6.45) is 1.13. The molecule has 2 aromatic carbocycles. The largest absolute Gasteiger partial charge is 0.504 e. The van der Waals surface area contributed by atoms with Gasteiger partial charge in [-0.05, 0) is 55.3 Å². The molecule has 7 heteroatoms. The minimum Gasteiger partial charge on any atom is -0.504 e. The molecule has 0 saturated heterocycles. The Hall–Kier alpha value is -2.45. The lowest BCUT2D eigenvalue weighted by Crippen LogP contribution is -2.65. The lowest BCUT2D eigenvalue weighted by molar-refractivity contribution is -0.181. The monoisotopic (exact) mass is 493 g/mol. The number of rotatable bonds is 9. The van der Waals surface area contributed by atoms with Crippen LogP contribution < -0.4 is 4.74 Å². The first kappa shape index (κ1) is 23.9. The van der Waals surface area contributed by atoms with Crippen molar-refractivity contribution < 1.29 is 29.6 Å². The Morgan fingerprint density at radius 3 is 2.67 bits per heavy atom. The van der Waals surface area contributed by atoms with E-state index in [-0.39, 0.29) is 30.1 Å². The van der Waals surface area contributed by atoms with Crippen LogP contribution in [0.5, 0.6) is 11.5 Å². The van der Waals surface area contributed by atoms with E-state index in [1.54, 1.807) is 18.2 Å². The predicted octanol–water partition coefficient (Wildman–Crippen LogP) is 3.11. The summed E-state index contributed by atoms with van der Waals surface area (Å²) >= 11 is 0. The second-order valence-electron chi connectivity index (χ2n) is 10.9. The summed E-state index contributed by atoms with van der Waals surface area (Å²) < 4.78 is 12.9. The van der Waals surface area contributed by atoms with Crippen LogP contribution in [0.1, 0.15) is 61.3 Å². The van der Waals surface area contributed by atoms with Crippen LogP contribution in [0.15, 0.2) is 42.5 Å². The number of carbonyl (C=O) groups is 1. The van der Waals surface area contributed by atoms with Crippen molar-refractivity contribution in [1.29, 1.82) is 0 Å². The zero-order valence-corrected chi connectivity index (χ0v) is 20.7. The van der Waals surface area contributed by atoms with E-state index in [1.807, 2.05) is 24.3 Å². The minimum absolute atomic E-state index is 0.00337. The van der Waals surface area contributed by atoms with Gasteiger partial charge in [0, 0.05) is 24.6 Å². The van der Waals surface area contributed by atoms with Gasteiger partial charge in [0.2, 0.25) is 0 Å². The van der Waals surface area contributed by atoms with Crippen LogP contribution in [0.4, 0.5) is 0 Å². The average molecular weight is 494 g/mol. The summed E-state index contributed by atoms with van der Waals surface area (Å²) in [5, 5.41) is 32.4. The topological polar surface area (TPSA) is 99.5 Å². The van der Waals surface area contributed by atoms with Gasteiger partial charge in [-0.15, -0.1) is 0 Å². The van der Waals surface area contributed by atoms with Gasteiger partial charge < -0.3 is 24.8 Å². The van der Waals surface area contributed by atoms with Crippen molar-refractivity contribution in [1.82, 2.24) is 4.90 Å². The van der Waals surface area contributed by atoms with Crippen molar-refractivity contribution in [2.75, 3.05) is 19.7 Å². The molecule has 2 saturated carbocycles. The van der Waals surface area contributed by atoms with Crippen molar-refractivity contribution in [3.8, 4) is 11.5 Å². The van der Waals surface area contributed by atoms with Gasteiger partial charge in [-0.2, -0.15) is 0 Å². The first-order valence-corrected chi connectivity index (χ1v) is 13.3. The lowest BCUT2D eigenvalue weighted by atomic mass is 9.61. The highest BCUT2D eigenvalue weighted by Gasteiger charge is 2.63. The molecule has 1 heterocycles. The standard InChI is InChI=1S/C29H35NO6/c1-2-30(15-17-8-9-17)23-14-19-10-11-20(31)27-24(19)25-28(36-27)21(32)12-13-29(23,25)35-16-22(33)26(34)18-6-4-3-5-7-18/h3-7,10-11,17,22-23,25-26,28,31,33-34H,2,8-9,12-16H2,1H3/t22?,23-,25?,26?,28+,29-/m1/s1. The Balaban J connectivity index is 1.38. The maximum Gasteiger partial charge on any atom is 0.174 e. The number of hydrogen-bond donors (Lipinski definition) is 3. The van der Waals surface area contributed by atoms with Gasteiger partial charge in [-0.3, -0.25) is 9.69 Å². The molecule has 0 bridgehead atoms. The highest BCUT2D eigenvalue weighted by atomic mass is 16.5. The molecule has 7 nitrogen and oxygen atoms in total. The number of ketones is 1. The summed E-state index contributed by atoms with van der Waals surface area (Å²) in [6.45, 7) is 3.94. The summed E-state index contributed by atoms with van der Waals surface area (Å²) in [5.41, 5.74) is 1.83. The molecule has 2 aromatic rings. The normalized spacial score (nSPS) is 30.1. The molecular weight excluding hydrogens is 458 g/mol. The van der Waals surface area contributed by atoms with Crippen molar-refractivity contribution in [2.45, 2.75) is 74.9 Å². The van der Waals surface area contributed by atoms with Gasteiger partial charge in [0.05, 0.1) is 18.1 Å². The third-order valence-electron chi connectivity index (χ3n) is 8.77. The van der Waals surface area contributed by atoms with E-state index >= 15 is 0 Å². The number of phenolic OH excluding ortho intramolecular Hbond substituents is 1. The number of Topliss-reactive ketones (excluding diaryl/α,β-unsaturated/α-hetero) is 1. The van der Waals surface area contributed by atoms with Crippen LogP contribution >= 0.6 is 0 Å². The number of aromatic hydroxyl groups is 1. The van der Waals surface area contributed by atoms with Crippen molar-refractivity contribution in [3.63, 3.8) is 0 Å². The molecule has 2 fully saturated rings. The number of aliphatic hydroxyl groups excluding tert-OH is 2. The number of likely N-dealkylation sites (N-methyl/N-ethyl adjacent to an activating group) is 1. The van der Waals surface area contributed by atoms with Gasteiger partial charge >= 0.3 is 0 Å². The number of hydrogen-bond acceptors (Lipinski definition) is 7. The molecule has 192 valence electrons. The van der Waals surface area contributed by atoms with E-state index in [4.69, 9.17) is 9.47 Å². The average Bonchev–Trinajstić information content (AvgIpc) is 3.63. The maximum atomic E-state index is 13.1. The Morgan fingerprint density at radius 1 is 1.17 bits per heavy atom. The Bertz CT molecular complexity index is 1130. The van der Waals surface area contributed by atoms with E-state index in [0.29, 0.717) is 30.1 Å². The Morgan fingerprint density at radius 2 is 1.94 bits per heavy atom. The second-order valence-corrected chi connectivity index (χ2v) is 10.9. The highest BCUT2D eigenvalue weighted by molar-refractivity contribution is 5.88. The van der Waals surface area contributed by atoms with Gasteiger partial charge in [0.15, 0.2) is 23.4 Å². The molecule has 4 aliphatic rings. The fraction of sp³-hybridized carbons (Fsp3) is 0.552. The van der Waals surface area contributed by atoms with Gasteiger partial charge in [-0.25, -0.2) is 0 Å². The number of carbonyl (C=O) groups excluding carboxylic acids is 1. The molecule has 0 aromatic heterocycles. The van der Waals surface area contributed by atoms with Crippen LogP contribution in [0.3, 0.4) is 0 Å². The molecular formula is C29H35NO6. The van der Waals surface area contributed by atoms with E-state index in [2.05, 4.69) is 11.8 Å². The van der Waals surface area contributed by atoms with Gasteiger partial charge in [0.25, 0.3) is 0 Å². The van der Waals surface area contributed by atoms with E-state index in [9.17, 15) is 20.1 Å². The first-order chi connectivity index (χ1) is 17.4. The highest BCUT2D eigenvalue weighted by Crippen LogP contribution is 2.59. The summed E-state index contributed by atoms with van der Waals surface area (Å²) in [5.74, 6) is 0.804. The number of benzene rings is 2. The molecule has 6 atom stereocenters. The van der Waals surface area contributed by atoms with Crippen LogP contribution in [-0.2, 0) is 16.0 Å². The Kier molecular flexibility index (Phi) is 6.07. The van der Waals surface area contributed by atoms with Crippen LogP contribution in [0, 0.1) is 5.92 Å². The number of ether oxygens (including phenoxy) is 2. The lowest BCUT2D eigenvalue weighted by Gasteiger charge is -2.54. The van der Waals surface area contributed by atoms with E-state index < -0.39 is 23.9 Å². The third kappa shape index (κ3) is 3.84. The quantitative estimate of drug-likeness (QED) is 0.494. The first-order valence-electron chi connectivity index (χ1n) is 13.3. The smallest absolute Gasteiger partial charge is 0.174 e. The van der Waals surface area contributed by atoms with Crippen molar-refractivity contribution >= 4 is 5.78 Å². The Labute approximate surface area is 211 Å². The second kappa shape index (κ2) is 9.14. The van der Waals surface area contributed by atoms with E-state index in [0.717, 1.165) is 30.6 Å². The molecule has 3 unspecified atom stereocenters. The van der Waals surface area contributed by atoms with E-state index in [1.165, 1.54) is 12.8 Å². The molecule has 0 radical (unpaired) electrons. The molecule has 0 amide bonds. The summed E-state index contributed by atoms with van der Waals surface area (Å²) in [4.78, 5) is 15.6. The molecule has 3 aliphatic carbocycles. The number of aliphatic hydroxyl groups is 2. The molecule has 36 heavy (non-hydrogen) atoms. The fourth-order valence-electron chi connectivity index (χ4n) is 6.75. The van der Waals surface area contributed by atoms with Crippen LogP contribution in [-0.4, -0.2) is 69.5 Å². The predicted molar refractivity (Wildman–Crippen MR) is 133 cm³/mol. The maximum absolute atomic E-state index is 13.1. The summed E-state index contributed by atoms with van der Waals surface area (Å²) in [6, 6.07) is 12.7. The van der Waals surface area contributed by atoms with Crippen molar-refractivity contribution in [3.05, 3.63) is 59.2 Å². The number of phenols is 1. The minimum atomic E-state index is -1.12. The third-order valence-corrected chi connectivity index (χ3v) is 8.77.